The van der Waals surface area contributed by atoms with Crippen molar-refractivity contribution in [1.82, 2.24) is 5.48 Å². The number of hydroxylamine groups is 1. The Morgan fingerprint density at radius 3 is 2.52 bits per heavy atom. The van der Waals surface area contributed by atoms with E-state index in [0.29, 0.717) is 36.1 Å². The summed E-state index contributed by atoms with van der Waals surface area (Å²) in [5.74, 6) is -0.689. The molecule has 0 aliphatic carbocycles. The highest BCUT2D eigenvalue weighted by molar-refractivity contribution is 14.1. The van der Waals surface area contributed by atoms with Crippen LogP contribution in [0, 0.1) is 3.57 Å². The van der Waals surface area contributed by atoms with Gasteiger partial charge in [-0.3, -0.25) is 20.1 Å². The van der Waals surface area contributed by atoms with Gasteiger partial charge in [0.2, 0.25) is 0 Å². The Kier molecular flexibility index (Phi) is 9.47. The lowest BCUT2D eigenvalue weighted by atomic mass is 10.0. The van der Waals surface area contributed by atoms with Gasteiger partial charge in [-0.05, 0) is 91.2 Å². The molecule has 0 fully saturated rings. The van der Waals surface area contributed by atoms with Crippen molar-refractivity contribution >= 4 is 46.1 Å². The summed E-state index contributed by atoms with van der Waals surface area (Å²) in [6, 6.07) is 11.4. The highest BCUT2D eigenvalue weighted by Gasteiger charge is 2.20. The van der Waals surface area contributed by atoms with Gasteiger partial charge in [0.1, 0.15) is 11.9 Å². The minimum atomic E-state index is -0.716. The lowest BCUT2D eigenvalue weighted by Crippen LogP contribution is -2.18. The number of nitrogens with one attached hydrogen (secondary N) is 2. The van der Waals surface area contributed by atoms with Gasteiger partial charge in [0.15, 0.2) is 5.78 Å². The number of amides is 2. The van der Waals surface area contributed by atoms with Crippen molar-refractivity contribution in [3.8, 4) is 5.75 Å². The third-order valence-electron chi connectivity index (χ3n) is 4.34. The Morgan fingerprint density at radius 1 is 1.16 bits per heavy atom. The second kappa shape index (κ2) is 12.1. The Morgan fingerprint density at radius 2 is 1.87 bits per heavy atom. The van der Waals surface area contributed by atoms with E-state index in [1.54, 1.807) is 42.5 Å². The molecule has 1 atom stereocenters. The summed E-state index contributed by atoms with van der Waals surface area (Å²) in [4.78, 5) is 34.8. The van der Waals surface area contributed by atoms with E-state index in [2.05, 4.69) is 27.9 Å². The molecule has 0 radical (unpaired) electrons. The molecule has 0 aromatic heterocycles. The minimum absolute atomic E-state index is 0.0132. The Balaban J connectivity index is 2.07. The number of carbonyl (C=O) groups is 3. The van der Waals surface area contributed by atoms with Crippen LogP contribution < -0.4 is 10.8 Å². The molecule has 0 heterocycles. The van der Waals surface area contributed by atoms with Crippen molar-refractivity contribution in [3.05, 3.63) is 69.3 Å². The van der Waals surface area contributed by atoms with Crippen LogP contribution in [0.2, 0.25) is 0 Å². The minimum Gasteiger partial charge on any atom is -0.508 e. The number of hydrogen-bond donors (Lipinski definition) is 4. The first-order valence-electron chi connectivity index (χ1n) is 9.47. The molecule has 0 unspecified atom stereocenters. The van der Waals surface area contributed by atoms with Crippen LogP contribution in [0.5, 0.6) is 5.75 Å². The second-order valence-corrected chi connectivity index (χ2v) is 7.91. The predicted molar refractivity (Wildman–Crippen MR) is 123 cm³/mol. The number of carbonyl (C=O) groups excluding carboxylic acids is 3. The van der Waals surface area contributed by atoms with Crippen molar-refractivity contribution in [2.75, 3.05) is 5.32 Å². The van der Waals surface area contributed by atoms with E-state index in [-0.39, 0.29) is 11.5 Å². The molecular weight excluding hydrogens is 515 g/mol. The highest BCUT2D eigenvalue weighted by Crippen LogP contribution is 2.32. The summed E-state index contributed by atoms with van der Waals surface area (Å²) in [7, 11) is 0. The summed E-state index contributed by atoms with van der Waals surface area (Å²) >= 11 is 2.10. The van der Waals surface area contributed by atoms with E-state index < -0.39 is 18.1 Å². The number of phenols is 1. The molecule has 2 aromatic rings. The molecule has 0 spiro atoms. The number of phenolic OH excluding ortho intramolecular Hbond substituents is 1. The molecule has 0 aliphatic rings. The molecule has 2 rings (SSSR count). The molecule has 2 aromatic carbocycles. The zero-order valence-corrected chi connectivity index (χ0v) is 19.0. The van der Waals surface area contributed by atoms with E-state index >= 15 is 0 Å². The Hall–Kier alpha value is -2.92. The van der Waals surface area contributed by atoms with Crippen LogP contribution in [-0.2, 0) is 9.53 Å². The first-order valence-corrected chi connectivity index (χ1v) is 10.6. The molecule has 0 aliphatic heterocycles. The number of aromatic hydroxyl groups is 1. The van der Waals surface area contributed by atoms with Crippen LogP contribution in [0.15, 0.2) is 54.6 Å². The zero-order valence-electron chi connectivity index (χ0n) is 16.8. The Bertz CT molecular complexity index is 959. The fourth-order valence-electron chi connectivity index (χ4n) is 2.77. The van der Waals surface area contributed by atoms with E-state index in [1.807, 2.05) is 0 Å². The monoisotopic (exact) mass is 538 g/mol. The smallest absolute Gasteiger partial charge is 0.412 e. The average molecular weight is 538 g/mol. The molecule has 31 heavy (non-hydrogen) atoms. The van der Waals surface area contributed by atoms with Gasteiger partial charge in [-0.1, -0.05) is 6.08 Å². The number of ether oxygens (including phenoxy) is 1. The van der Waals surface area contributed by atoms with Crippen LogP contribution >= 0.6 is 22.6 Å². The average Bonchev–Trinajstić information content (AvgIpc) is 2.74. The van der Waals surface area contributed by atoms with Gasteiger partial charge in [-0.2, -0.15) is 0 Å². The fraction of sp³-hybridized carbons (Fsp3) is 0.227. The Labute approximate surface area is 193 Å². The van der Waals surface area contributed by atoms with Crippen molar-refractivity contribution in [2.24, 2.45) is 0 Å². The summed E-state index contributed by atoms with van der Waals surface area (Å²) in [5, 5.41) is 21.4. The molecule has 9 heteroatoms. The third-order valence-corrected chi connectivity index (χ3v) is 5.01. The van der Waals surface area contributed by atoms with Crippen molar-refractivity contribution in [1.29, 1.82) is 0 Å². The SMILES string of the molecule is CC(=O)c1ccc(NC(=O)O[C@@H](CCC/C=C/C(=O)NO)c2cc(I)ccc2O)cc1. The standard InChI is InChI=1S/C22H23IN2O6/c1-14(26)15-7-10-17(11-8-15)24-22(29)31-20(5-3-2-4-6-21(28)25-30)18-13-16(23)9-12-19(18)27/h4,6-13,20,27,30H,2-3,5H2,1H3,(H,24,29)(H,25,28)/b6-4+/t20-/m0/s1. The van der Waals surface area contributed by atoms with E-state index in [9.17, 15) is 19.5 Å². The molecule has 164 valence electrons. The number of Topliss-reactive ketones (excluding diaryl/α,β-unsaturated/α-hetero) is 1. The fourth-order valence-corrected chi connectivity index (χ4v) is 3.29. The molecule has 8 nitrogen and oxygen atoms in total. The van der Waals surface area contributed by atoms with Gasteiger partial charge in [-0.25, -0.2) is 10.3 Å². The molecule has 2 amide bonds. The first kappa shape index (κ1) is 24.4. The molecule has 4 N–H and O–H groups in total. The van der Waals surface area contributed by atoms with Gasteiger partial charge in [0.05, 0.1) is 0 Å². The van der Waals surface area contributed by atoms with Crippen molar-refractivity contribution < 1.29 is 29.4 Å². The number of rotatable bonds is 9. The topological polar surface area (TPSA) is 125 Å². The van der Waals surface area contributed by atoms with Crippen molar-refractivity contribution in [2.45, 2.75) is 32.3 Å². The summed E-state index contributed by atoms with van der Waals surface area (Å²) in [6.07, 6.45) is 2.84. The maximum atomic E-state index is 12.4. The lowest BCUT2D eigenvalue weighted by Gasteiger charge is -2.20. The molecule has 0 saturated heterocycles. The van der Waals surface area contributed by atoms with Gasteiger partial charge in [0, 0.05) is 26.5 Å². The van der Waals surface area contributed by atoms with Crippen LogP contribution in [0.1, 0.15) is 48.2 Å². The number of allylic oxidation sites excluding steroid dienone is 1. The third kappa shape index (κ3) is 8.02. The van der Waals surface area contributed by atoms with Crippen LogP contribution in [0.25, 0.3) is 0 Å². The number of hydrogen-bond acceptors (Lipinski definition) is 6. The van der Waals surface area contributed by atoms with E-state index in [4.69, 9.17) is 9.94 Å². The molecule has 0 saturated carbocycles. The highest BCUT2D eigenvalue weighted by atomic mass is 127. The quantitative estimate of drug-likeness (QED) is 0.0915. The van der Waals surface area contributed by atoms with Crippen molar-refractivity contribution in [3.63, 3.8) is 0 Å². The second-order valence-electron chi connectivity index (χ2n) is 6.66. The number of halogens is 1. The van der Waals surface area contributed by atoms with Crippen LogP contribution in [0.4, 0.5) is 10.5 Å². The van der Waals surface area contributed by atoms with Gasteiger partial charge < -0.3 is 9.84 Å². The van der Waals surface area contributed by atoms with Gasteiger partial charge >= 0.3 is 6.09 Å². The predicted octanol–water partition coefficient (Wildman–Crippen LogP) is 4.72. The van der Waals surface area contributed by atoms with Gasteiger partial charge in [-0.15, -0.1) is 0 Å². The van der Waals surface area contributed by atoms with Gasteiger partial charge in [0.25, 0.3) is 5.91 Å². The van der Waals surface area contributed by atoms with E-state index in [0.717, 1.165) is 3.57 Å². The molecular formula is C22H23IN2O6. The maximum absolute atomic E-state index is 12.4. The number of ketones is 1. The zero-order chi connectivity index (χ0) is 22.8. The largest absolute Gasteiger partial charge is 0.508 e. The number of benzene rings is 2. The number of anilines is 1. The summed E-state index contributed by atoms with van der Waals surface area (Å²) in [5.41, 5.74) is 2.99. The number of unbranched alkanes of at least 4 members (excludes halogenated alkanes) is 1. The normalized spacial score (nSPS) is 11.7. The lowest BCUT2D eigenvalue weighted by molar-refractivity contribution is -0.124. The van der Waals surface area contributed by atoms with E-state index in [1.165, 1.54) is 24.5 Å². The maximum Gasteiger partial charge on any atom is 0.412 e. The van der Waals surface area contributed by atoms with Crippen LogP contribution in [-0.4, -0.2) is 28.1 Å². The summed E-state index contributed by atoms with van der Waals surface area (Å²) < 4.78 is 6.45. The first-order chi connectivity index (χ1) is 14.8. The van der Waals surface area contributed by atoms with Crippen LogP contribution in [0.3, 0.4) is 0 Å². The molecule has 0 bridgehead atoms. The summed E-state index contributed by atoms with van der Waals surface area (Å²) in [6.45, 7) is 1.46.